The Labute approximate surface area is 188 Å². The van der Waals surface area contributed by atoms with Gasteiger partial charge < -0.3 is 16.0 Å². The zero-order valence-corrected chi connectivity index (χ0v) is 17.9. The Morgan fingerprint density at radius 2 is 2.00 bits per heavy atom. The van der Waals surface area contributed by atoms with Crippen molar-refractivity contribution in [1.29, 1.82) is 0 Å². The molecule has 1 aliphatic rings. The number of hydrogen-bond donors (Lipinski definition) is 2. The van der Waals surface area contributed by atoms with Crippen LogP contribution in [0.15, 0.2) is 60.8 Å². The first-order valence-corrected chi connectivity index (χ1v) is 10.6. The van der Waals surface area contributed by atoms with Gasteiger partial charge in [0.2, 0.25) is 5.91 Å². The fourth-order valence-electron chi connectivity index (χ4n) is 4.08. The van der Waals surface area contributed by atoms with Crippen molar-refractivity contribution in [3.8, 4) is 11.3 Å². The summed E-state index contributed by atoms with van der Waals surface area (Å²) in [5.41, 5.74) is 8.44. The number of benzene rings is 2. The van der Waals surface area contributed by atoms with Gasteiger partial charge in [0.1, 0.15) is 17.5 Å². The lowest BCUT2D eigenvalue weighted by atomic mass is 10.1. The Hall–Kier alpha value is -3.85. The molecule has 4 aromatic rings. The number of rotatable bonds is 5. The molecule has 0 aliphatic carbocycles. The molecule has 2 aromatic heterocycles. The van der Waals surface area contributed by atoms with Gasteiger partial charge in [0.05, 0.1) is 17.9 Å². The van der Waals surface area contributed by atoms with Gasteiger partial charge in [-0.25, -0.2) is 18.3 Å². The molecule has 0 radical (unpaired) electrons. The number of nitrogens with one attached hydrogen (secondary N) is 1. The molecule has 3 N–H and O–H groups in total. The van der Waals surface area contributed by atoms with E-state index in [2.05, 4.69) is 15.4 Å². The molecule has 33 heavy (non-hydrogen) atoms. The average molecular weight is 448 g/mol. The summed E-state index contributed by atoms with van der Waals surface area (Å²) in [5, 5.41) is 7.80. The Balaban J connectivity index is 1.45. The summed E-state index contributed by atoms with van der Waals surface area (Å²) in [4.78, 5) is 17.9. The van der Waals surface area contributed by atoms with E-state index < -0.39 is 5.82 Å². The number of fused-ring (bicyclic) bond motifs is 1. The molecule has 1 aliphatic heterocycles. The highest BCUT2D eigenvalue weighted by Crippen LogP contribution is 2.29. The van der Waals surface area contributed by atoms with Crippen LogP contribution in [0.2, 0.25) is 0 Å². The fourth-order valence-corrected chi connectivity index (χ4v) is 4.08. The van der Waals surface area contributed by atoms with Gasteiger partial charge in [-0.3, -0.25) is 4.79 Å². The molecular weight excluding hydrogens is 426 g/mol. The molecule has 0 spiro atoms. The molecule has 0 bridgehead atoms. The van der Waals surface area contributed by atoms with Crippen molar-refractivity contribution in [2.24, 2.45) is 5.73 Å². The highest BCUT2D eigenvalue weighted by molar-refractivity contribution is 5.96. The number of carbonyl (C=O) groups excluding carboxylic acids is 1. The van der Waals surface area contributed by atoms with Crippen molar-refractivity contribution in [3.63, 3.8) is 0 Å². The average Bonchev–Trinajstić information content (AvgIpc) is 3.35. The van der Waals surface area contributed by atoms with Crippen LogP contribution in [0.25, 0.3) is 16.9 Å². The minimum Gasteiger partial charge on any atom is -0.362 e. The fraction of sp³-hybridized carbons (Fsp3) is 0.208. The summed E-state index contributed by atoms with van der Waals surface area (Å²) in [7, 11) is 0. The Morgan fingerprint density at radius 3 is 2.73 bits per heavy atom. The third kappa shape index (κ3) is 4.03. The largest absolute Gasteiger partial charge is 0.362 e. The summed E-state index contributed by atoms with van der Waals surface area (Å²) < 4.78 is 30.2. The normalized spacial score (nSPS) is 17.0. The van der Waals surface area contributed by atoms with Crippen LogP contribution in [0, 0.1) is 11.6 Å². The van der Waals surface area contributed by atoms with Crippen LogP contribution >= 0.6 is 0 Å². The number of nitrogens with zero attached hydrogens (tertiary/aromatic N) is 4. The van der Waals surface area contributed by atoms with Crippen LogP contribution in [-0.2, 0) is 4.79 Å². The Bertz CT molecular complexity index is 1350. The third-order valence-corrected chi connectivity index (χ3v) is 5.77. The lowest BCUT2D eigenvalue weighted by Crippen LogP contribution is -2.28. The number of carbonyl (C=O) groups is 1. The monoisotopic (exact) mass is 448 g/mol. The lowest BCUT2D eigenvalue weighted by molar-refractivity contribution is -0.117. The van der Waals surface area contributed by atoms with Crippen molar-refractivity contribution in [1.82, 2.24) is 14.6 Å². The van der Waals surface area contributed by atoms with Crippen LogP contribution in [0.4, 0.5) is 20.3 Å². The summed E-state index contributed by atoms with van der Waals surface area (Å²) in [5.74, 6) is -0.379. The number of halogens is 2. The zero-order valence-electron chi connectivity index (χ0n) is 17.9. The van der Waals surface area contributed by atoms with Crippen LogP contribution in [0.3, 0.4) is 0 Å². The summed E-state index contributed by atoms with van der Waals surface area (Å²) >= 11 is 0. The molecule has 1 saturated heterocycles. The topological polar surface area (TPSA) is 88.5 Å². The molecule has 9 heteroatoms. The van der Waals surface area contributed by atoms with E-state index in [0.29, 0.717) is 35.0 Å². The Kier molecular flexibility index (Phi) is 5.26. The lowest BCUT2D eigenvalue weighted by Gasteiger charge is -2.17. The van der Waals surface area contributed by atoms with E-state index in [4.69, 9.17) is 5.73 Å². The van der Waals surface area contributed by atoms with E-state index in [9.17, 15) is 9.18 Å². The van der Waals surface area contributed by atoms with Crippen molar-refractivity contribution in [3.05, 3.63) is 78.0 Å². The first-order chi connectivity index (χ1) is 15.9. The molecule has 168 valence electrons. The third-order valence-electron chi connectivity index (χ3n) is 5.77. The van der Waals surface area contributed by atoms with E-state index in [-0.39, 0.29) is 30.2 Å². The molecule has 1 amide bonds. The first-order valence-electron chi connectivity index (χ1n) is 10.6. The minimum absolute atomic E-state index is 0.116. The van der Waals surface area contributed by atoms with E-state index in [0.717, 1.165) is 5.56 Å². The second kappa shape index (κ2) is 8.25. The van der Waals surface area contributed by atoms with Gasteiger partial charge in [0.15, 0.2) is 5.65 Å². The van der Waals surface area contributed by atoms with E-state index in [1.165, 1.54) is 23.1 Å². The highest BCUT2D eigenvalue weighted by atomic mass is 19.1. The van der Waals surface area contributed by atoms with Gasteiger partial charge in [-0.2, -0.15) is 0 Å². The molecule has 2 aromatic carbocycles. The quantitative estimate of drug-likeness (QED) is 0.483. The van der Waals surface area contributed by atoms with Crippen molar-refractivity contribution < 1.29 is 13.6 Å². The SMILES string of the molecule is C[C@@H](Nc1ccc2ncc(-c3ccc(N4C[C@@H](N)CC4=O)cc3F)n2n1)c1cccc(F)c1. The van der Waals surface area contributed by atoms with E-state index in [1.807, 2.05) is 13.0 Å². The molecule has 0 unspecified atom stereocenters. The molecule has 3 heterocycles. The van der Waals surface area contributed by atoms with Crippen molar-refractivity contribution in [2.75, 3.05) is 16.8 Å². The maximum absolute atomic E-state index is 15.1. The van der Waals surface area contributed by atoms with Crippen LogP contribution in [-0.4, -0.2) is 33.1 Å². The van der Waals surface area contributed by atoms with Gasteiger partial charge in [-0.15, -0.1) is 5.10 Å². The predicted molar refractivity (Wildman–Crippen MR) is 122 cm³/mol. The number of imidazole rings is 1. The minimum atomic E-state index is -0.490. The summed E-state index contributed by atoms with van der Waals surface area (Å²) in [6, 6.07) is 14.1. The second-order valence-corrected chi connectivity index (χ2v) is 8.19. The molecule has 0 saturated carbocycles. The number of aromatic nitrogens is 3. The molecule has 2 atom stereocenters. The highest BCUT2D eigenvalue weighted by Gasteiger charge is 2.28. The molecule has 7 nitrogen and oxygen atoms in total. The maximum Gasteiger partial charge on any atom is 0.228 e. The smallest absolute Gasteiger partial charge is 0.228 e. The number of anilines is 2. The molecular formula is C24H22F2N6O. The van der Waals surface area contributed by atoms with Crippen LogP contribution in [0.5, 0.6) is 0 Å². The first kappa shape index (κ1) is 21.0. The number of amides is 1. The maximum atomic E-state index is 15.1. The van der Waals surface area contributed by atoms with Crippen molar-refractivity contribution in [2.45, 2.75) is 25.4 Å². The molecule has 1 fully saturated rings. The van der Waals surface area contributed by atoms with Gasteiger partial charge >= 0.3 is 0 Å². The Morgan fingerprint density at radius 1 is 1.15 bits per heavy atom. The standard InChI is InChI=1S/C24H22F2N6O/c1-14(15-3-2-4-16(25)9-15)29-22-7-8-23-28-12-21(32(23)30-22)19-6-5-18(11-20(19)26)31-13-17(27)10-24(31)33/h2-9,11-12,14,17H,10,13,27H2,1H3,(H,29,30)/t14-,17+/m1/s1. The summed E-state index contributed by atoms with van der Waals surface area (Å²) in [6.07, 6.45) is 1.81. The predicted octanol–water partition coefficient (Wildman–Crippen LogP) is 3.91. The van der Waals surface area contributed by atoms with E-state index in [1.54, 1.807) is 41.0 Å². The van der Waals surface area contributed by atoms with Gasteiger partial charge in [0, 0.05) is 30.3 Å². The van der Waals surface area contributed by atoms with Crippen LogP contribution < -0.4 is 16.0 Å². The van der Waals surface area contributed by atoms with Crippen molar-refractivity contribution >= 4 is 23.1 Å². The van der Waals surface area contributed by atoms with Gasteiger partial charge in [-0.05, 0) is 55.0 Å². The number of nitrogens with two attached hydrogens (primary N) is 1. The van der Waals surface area contributed by atoms with Gasteiger partial charge in [0.25, 0.3) is 0 Å². The number of hydrogen-bond acceptors (Lipinski definition) is 5. The second-order valence-electron chi connectivity index (χ2n) is 8.19. The summed E-state index contributed by atoms with van der Waals surface area (Å²) in [6.45, 7) is 2.27. The van der Waals surface area contributed by atoms with Gasteiger partial charge in [-0.1, -0.05) is 12.1 Å². The van der Waals surface area contributed by atoms with Crippen LogP contribution in [0.1, 0.15) is 24.9 Å². The van der Waals surface area contributed by atoms with E-state index >= 15 is 4.39 Å². The molecule has 5 rings (SSSR count). The zero-order chi connectivity index (χ0) is 23.1.